The highest BCUT2D eigenvalue weighted by Gasteiger charge is 2.40. The Morgan fingerprint density at radius 1 is 1.35 bits per heavy atom. The van der Waals surface area contributed by atoms with Gasteiger partial charge in [0.15, 0.2) is 0 Å². The van der Waals surface area contributed by atoms with Gasteiger partial charge in [0, 0.05) is 29.8 Å². The van der Waals surface area contributed by atoms with E-state index in [4.69, 9.17) is 17.3 Å². The Labute approximate surface area is 125 Å². The number of anilines is 1. The number of carbonyl (C=O) groups excluding carboxylic acids is 1. The number of halogens is 1. The van der Waals surface area contributed by atoms with Crippen molar-refractivity contribution in [1.82, 2.24) is 9.80 Å². The standard InChI is InChI=1S/C15H22ClN3O/c1-18(2)15(7-4-8-15)10-19(3)14(20)12-9-11(16)5-6-13(12)17/h5-6,9H,4,7-8,10,17H2,1-3H3. The Hall–Kier alpha value is -1.26. The zero-order valence-corrected chi connectivity index (χ0v) is 13.1. The molecule has 1 amide bonds. The molecule has 0 atom stereocenters. The van der Waals surface area contributed by atoms with Crippen LogP contribution in [0.15, 0.2) is 18.2 Å². The zero-order valence-electron chi connectivity index (χ0n) is 12.3. The fraction of sp³-hybridized carbons (Fsp3) is 0.533. The molecule has 1 aromatic rings. The van der Waals surface area contributed by atoms with Gasteiger partial charge < -0.3 is 15.5 Å². The average Bonchev–Trinajstić information content (AvgIpc) is 2.35. The molecule has 2 rings (SSSR count). The first kappa shape index (κ1) is 15.1. The van der Waals surface area contributed by atoms with E-state index in [1.165, 1.54) is 6.42 Å². The van der Waals surface area contributed by atoms with Gasteiger partial charge in [-0.15, -0.1) is 0 Å². The Morgan fingerprint density at radius 2 is 2.00 bits per heavy atom. The van der Waals surface area contributed by atoms with Crippen LogP contribution >= 0.6 is 11.6 Å². The molecular weight excluding hydrogens is 274 g/mol. The summed E-state index contributed by atoms with van der Waals surface area (Å²) in [5, 5.41) is 0.530. The molecular formula is C15H22ClN3O. The molecule has 0 spiro atoms. The van der Waals surface area contributed by atoms with Crippen LogP contribution in [0.1, 0.15) is 29.6 Å². The van der Waals surface area contributed by atoms with Gasteiger partial charge in [-0.3, -0.25) is 4.79 Å². The topological polar surface area (TPSA) is 49.6 Å². The molecule has 0 aromatic heterocycles. The van der Waals surface area contributed by atoms with Crippen LogP contribution in [-0.2, 0) is 0 Å². The van der Waals surface area contributed by atoms with Crippen LogP contribution in [0, 0.1) is 0 Å². The SMILES string of the molecule is CN(CC1(N(C)C)CCC1)C(=O)c1cc(Cl)ccc1N. The van der Waals surface area contributed by atoms with E-state index in [0.717, 1.165) is 12.8 Å². The highest BCUT2D eigenvalue weighted by molar-refractivity contribution is 6.31. The van der Waals surface area contributed by atoms with Crippen LogP contribution in [0.2, 0.25) is 5.02 Å². The summed E-state index contributed by atoms with van der Waals surface area (Å²) in [7, 11) is 5.97. The summed E-state index contributed by atoms with van der Waals surface area (Å²) in [6, 6.07) is 5.01. The summed E-state index contributed by atoms with van der Waals surface area (Å²) in [4.78, 5) is 16.5. The van der Waals surface area contributed by atoms with Gasteiger partial charge >= 0.3 is 0 Å². The minimum Gasteiger partial charge on any atom is -0.398 e. The molecule has 0 bridgehead atoms. The summed E-state index contributed by atoms with van der Waals surface area (Å²) < 4.78 is 0. The second-order valence-corrected chi connectivity index (χ2v) is 6.30. The quantitative estimate of drug-likeness (QED) is 0.868. The maximum Gasteiger partial charge on any atom is 0.255 e. The van der Waals surface area contributed by atoms with Gasteiger partial charge in [0.2, 0.25) is 0 Å². The Bertz CT molecular complexity index is 512. The third kappa shape index (κ3) is 2.76. The van der Waals surface area contributed by atoms with Crippen LogP contribution in [0.25, 0.3) is 0 Å². The van der Waals surface area contributed by atoms with Crippen molar-refractivity contribution in [3.8, 4) is 0 Å². The van der Waals surface area contributed by atoms with E-state index >= 15 is 0 Å². The van der Waals surface area contributed by atoms with E-state index in [-0.39, 0.29) is 11.4 Å². The molecule has 5 heteroatoms. The van der Waals surface area contributed by atoms with Crippen LogP contribution in [0.4, 0.5) is 5.69 Å². The van der Waals surface area contributed by atoms with Gasteiger partial charge in [0.1, 0.15) is 0 Å². The maximum atomic E-state index is 12.5. The monoisotopic (exact) mass is 295 g/mol. The predicted molar refractivity (Wildman–Crippen MR) is 83.1 cm³/mol. The molecule has 1 aliphatic rings. The van der Waals surface area contributed by atoms with Crippen LogP contribution in [0.3, 0.4) is 0 Å². The summed E-state index contributed by atoms with van der Waals surface area (Å²) in [6.45, 7) is 0.713. The summed E-state index contributed by atoms with van der Waals surface area (Å²) in [5.74, 6) is -0.0712. The molecule has 0 aliphatic heterocycles. The third-order valence-corrected chi connectivity index (χ3v) is 4.59. The summed E-state index contributed by atoms with van der Waals surface area (Å²) in [5.41, 5.74) is 6.94. The molecule has 110 valence electrons. The van der Waals surface area contributed by atoms with Gasteiger partial charge in [-0.05, 0) is 51.6 Å². The maximum absolute atomic E-state index is 12.5. The molecule has 1 fully saturated rings. The highest BCUT2D eigenvalue weighted by atomic mass is 35.5. The number of amides is 1. The van der Waals surface area contributed by atoms with E-state index in [0.29, 0.717) is 22.8 Å². The van der Waals surface area contributed by atoms with Crippen molar-refractivity contribution in [2.24, 2.45) is 0 Å². The van der Waals surface area contributed by atoms with E-state index in [9.17, 15) is 4.79 Å². The second kappa shape index (κ2) is 5.62. The Kier molecular flexibility index (Phi) is 4.25. The average molecular weight is 296 g/mol. The molecule has 0 unspecified atom stereocenters. The predicted octanol–water partition coefficient (Wildman–Crippen LogP) is 2.48. The third-order valence-electron chi connectivity index (χ3n) is 4.36. The molecule has 1 aliphatic carbocycles. The van der Waals surface area contributed by atoms with Crippen LogP contribution in [0.5, 0.6) is 0 Å². The normalized spacial score (nSPS) is 16.9. The van der Waals surface area contributed by atoms with Crippen molar-refractivity contribution in [3.63, 3.8) is 0 Å². The van der Waals surface area contributed by atoms with Gasteiger partial charge in [0.05, 0.1) is 5.56 Å². The lowest BCUT2D eigenvalue weighted by atomic mass is 9.75. The first-order chi connectivity index (χ1) is 9.35. The molecule has 2 N–H and O–H groups in total. The second-order valence-electron chi connectivity index (χ2n) is 5.87. The van der Waals surface area contributed by atoms with Crippen LogP contribution in [-0.4, -0.2) is 48.9 Å². The number of benzene rings is 1. The lowest BCUT2D eigenvalue weighted by molar-refractivity contribution is 0.0253. The zero-order chi connectivity index (χ0) is 14.9. The van der Waals surface area contributed by atoms with Crippen molar-refractivity contribution < 1.29 is 4.79 Å². The fourth-order valence-electron chi connectivity index (χ4n) is 2.76. The van der Waals surface area contributed by atoms with Gasteiger partial charge in [-0.2, -0.15) is 0 Å². The lowest BCUT2D eigenvalue weighted by Gasteiger charge is -2.49. The Balaban J connectivity index is 2.14. The number of nitrogens with two attached hydrogens (primary N) is 1. The Morgan fingerprint density at radius 3 is 2.50 bits per heavy atom. The number of carbonyl (C=O) groups is 1. The molecule has 0 radical (unpaired) electrons. The number of nitrogens with zero attached hydrogens (tertiary/aromatic N) is 2. The van der Waals surface area contributed by atoms with E-state index in [2.05, 4.69) is 19.0 Å². The van der Waals surface area contributed by atoms with Crippen molar-refractivity contribution in [2.75, 3.05) is 33.4 Å². The molecule has 0 heterocycles. The molecule has 4 nitrogen and oxygen atoms in total. The summed E-state index contributed by atoms with van der Waals surface area (Å²) >= 11 is 5.95. The number of likely N-dealkylation sites (N-methyl/N-ethyl adjacent to an activating group) is 2. The molecule has 0 saturated heterocycles. The van der Waals surface area contributed by atoms with Gasteiger partial charge in [0.25, 0.3) is 5.91 Å². The minimum atomic E-state index is -0.0712. The van der Waals surface area contributed by atoms with Gasteiger partial charge in [-0.1, -0.05) is 11.6 Å². The first-order valence-electron chi connectivity index (χ1n) is 6.84. The highest BCUT2D eigenvalue weighted by Crippen LogP contribution is 2.37. The van der Waals surface area contributed by atoms with Gasteiger partial charge in [-0.25, -0.2) is 0 Å². The largest absolute Gasteiger partial charge is 0.398 e. The van der Waals surface area contributed by atoms with Crippen molar-refractivity contribution >= 4 is 23.2 Å². The molecule has 20 heavy (non-hydrogen) atoms. The number of nitrogen functional groups attached to an aromatic ring is 1. The summed E-state index contributed by atoms with van der Waals surface area (Å²) in [6.07, 6.45) is 3.48. The van der Waals surface area contributed by atoms with E-state index < -0.39 is 0 Å². The fourth-order valence-corrected chi connectivity index (χ4v) is 2.94. The van der Waals surface area contributed by atoms with Crippen molar-refractivity contribution in [3.05, 3.63) is 28.8 Å². The number of rotatable bonds is 4. The number of hydrogen-bond acceptors (Lipinski definition) is 3. The van der Waals surface area contributed by atoms with Crippen molar-refractivity contribution in [2.45, 2.75) is 24.8 Å². The smallest absolute Gasteiger partial charge is 0.255 e. The molecule has 1 saturated carbocycles. The minimum absolute atomic E-state index is 0.0712. The molecule has 1 aromatic carbocycles. The number of hydrogen-bond donors (Lipinski definition) is 1. The van der Waals surface area contributed by atoms with Crippen LogP contribution < -0.4 is 5.73 Å². The first-order valence-corrected chi connectivity index (χ1v) is 7.21. The van der Waals surface area contributed by atoms with E-state index in [1.54, 1.807) is 23.1 Å². The lowest BCUT2D eigenvalue weighted by Crippen LogP contribution is -2.57. The van der Waals surface area contributed by atoms with E-state index in [1.807, 2.05) is 7.05 Å². The van der Waals surface area contributed by atoms with Crippen molar-refractivity contribution in [1.29, 1.82) is 0 Å².